The van der Waals surface area contributed by atoms with Crippen molar-refractivity contribution in [1.82, 2.24) is 10.6 Å². The van der Waals surface area contributed by atoms with Crippen molar-refractivity contribution >= 4 is 23.2 Å². The van der Waals surface area contributed by atoms with Crippen LogP contribution in [-0.4, -0.2) is 31.8 Å². The molecule has 0 atom stereocenters. The number of nitrogens with one attached hydrogen (secondary N) is 2. The maximum atomic E-state index is 12.1. The molecule has 2 N–H and O–H groups in total. The van der Waals surface area contributed by atoms with E-state index in [1.807, 2.05) is 0 Å². The number of carbonyl (C=O) groups excluding carboxylic acids is 1. The molecule has 1 amide bonds. The molecule has 116 valence electrons. The molecule has 0 aliphatic heterocycles. The summed E-state index contributed by atoms with van der Waals surface area (Å²) in [6.07, 6.45) is 3.31. The lowest BCUT2D eigenvalue weighted by Crippen LogP contribution is -2.39. The van der Waals surface area contributed by atoms with Crippen molar-refractivity contribution in [2.75, 3.05) is 20.8 Å². The first kappa shape index (κ1) is 17.2. The molecule has 0 radical (unpaired) electrons. The van der Waals surface area contributed by atoms with Crippen molar-refractivity contribution in [2.45, 2.75) is 26.2 Å². The number of carbonyl (C=O) groups is 1. The van der Waals surface area contributed by atoms with Gasteiger partial charge in [0.05, 0.1) is 14.2 Å². The number of rotatable bonds is 7. The summed E-state index contributed by atoms with van der Waals surface area (Å²) in [5, 5.41) is 6.00. The Bertz CT molecular complexity index is 492. The first-order valence-corrected chi connectivity index (χ1v) is 7.34. The van der Waals surface area contributed by atoms with Gasteiger partial charge in [0, 0.05) is 12.1 Å². The standard InChI is InChI=1S/C15H22N2O3S/c1-4-5-6-9-16-15(21)17-14(18)11-7-8-12(19-2)13(10-11)20-3/h7-8,10H,4-6,9H2,1-3H3,(H2,16,17,18,21). The Labute approximate surface area is 131 Å². The van der Waals surface area contributed by atoms with Crippen LogP contribution in [0, 0.1) is 0 Å². The molecule has 0 saturated heterocycles. The maximum absolute atomic E-state index is 12.1. The van der Waals surface area contributed by atoms with Crippen LogP contribution in [0.25, 0.3) is 0 Å². The predicted molar refractivity (Wildman–Crippen MR) is 87.1 cm³/mol. The van der Waals surface area contributed by atoms with Gasteiger partial charge < -0.3 is 14.8 Å². The van der Waals surface area contributed by atoms with Gasteiger partial charge >= 0.3 is 0 Å². The van der Waals surface area contributed by atoms with E-state index in [9.17, 15) is 4.79 Å². The zero-order valence-electron chi connectivity index (χ0n) is 12.7. The number of benzene rings is 1. The third-order valence-electron chi connectivity index (χ3n) is 2.94. The molecule has 0 aromatic heterocycles. The molecule has 0 bridgehead atoms. The minimum Gasteiger partial charge on any atom is -0.493 e. The number of thiocarbonyl (C=S) groups is 1. The van der Waals surface area contributed by atoms with Gasteiger partial charge in [-0.25, -0.2) is 0 Å². The van der Waals surface area contributed by atoms with Gasteiger partial charge in [0.25, 0.3) is 5.91 Å². The summed E-state index contributed by atoms with van der Waals surface area (Å²) in [4.78, 5) is 12.1. The Morgan fingerprint density at radius 3 is 2.52 bits per heavy atom. The first-order chi connectivity index (χ1) is 10.1. The van der Waals surface area contributed by atoms with Crippen LogP contribution in [0.15, 0.2) is 18.2 Å². The Hall–Kier alpha value is -1.82. The first-order valence-electron chi connectivity index (χ1n) is 6.93. The number of hydrogen-bond acceptors (Lipinski definition) is 4. The Balaban J connectivity index is 2.57. The summed E-state index contributed by atoms with van der Waals surface area (Å²) >= 11 is 5.09. The molecular formula is C15H22N2O3S. The van der Waals surface area contributed by atoms with Crippen molar-refractivity contribution in [1.29, 1.82) is 0 Å². The second-order valence-electron chi connectivity index (χ2n) is 4.49. The van der Waals surface area contributed by atoms with E-state index in [1.54, 1.807) is 25.3 Å². The minimum absolute atomic E-state index is 0.274. The van der Waals surface area contributed by atoms with E-state index in [0.29, 0.717) is 22.2 Å². The molecule has 0 spiro atoms. The van der Waals surface area contributed by atoms with Crippen molar-refractivity contribution in [3.05, 3.63) is 23.8 Å². The van der Waals surface area contributed by atoms with Crippen molar-refractivity contribution in [2.24, 2.45) is 0 Å². The van der Waals surface area contributed by atoms with Crippen molar-refractivity contribution in [3.63, 3.8) is 0 Å². The molecule has 0 aliphatic rings. The van der Waals surface area contributed by atoms with Crippen LogP contribution in [-0.2, 0) is 0 Å². The normalized spacial score (nSPS) is 9.86. The van der Waals surface area contributed by atoms with Crippen molar-refractivity contribution < 1.29 is 14.3 Å². The minimum atomic E-state index is -0.274. The zero-order valence-corrected chi connectivity index (χ0v) is 13.5. The van der Waals surface area contributed by atoms with E-state index in [4.69, 9.17) is 21.7 Å². The van der Waals surface area contributed by atoms with Crippen LogP contribution in [0.1, 0.15) is 36.5 Å². The SMILES string of the molecule is CCCCCNC(=S)NC(=O)c1ccc(OC)c(OC)c1. The van der Waals surface area contributed by atoms with Crippen LogP contribution < -0.4 is 20.1 Å². The summed E-state index contributed by atoms with van der Waals surface area (Å²) in [6.45, 7) is 2.90. The highest BCUT2D eigenvalue weighted by molar-refractivity contribution is 7.80. The van der Waals surface area contributed by atoms with E-state index in [1.165, 1.54) is 7.11 Å². The number of ether oxygens (including phenoxy) is 2. The summed E-state index contributed by atoms with van der Waals surface area (Å²) < 4.78 is 10.3. The number of amides is 1. The van der Waals surface area contributed by atoms with E-state index < -0.39 is 0 Å². The lowest BCUT2D eigenvalue weighted by atomic mass is 10.2. The predicted octanol–water partition coefficient (Wildman–Crippen LogP) is 2.50. The number of unbranched alkanes of at least 4 members (excludes halogenated alkanes) is 2. The van der Waals surface area contributed by atoms with E-state index in [-0.39, 0.29) is 5.91 Å². The third-order valence-corrected chi connectivity index (χ3v) is 3.19. The molecule has 6 heteroatoms. The quantitative estimate of drug-likeness (QED) is 0.598. The van der Waals surface area contributed by atoms with E-state index in [0.717, 1.165) is 25.8 Å². The van der Waals surface area contributed by atoms with E-state index in [2.05, 4.69) is 17.6 Å². The molecular weight excluding hydrogens is 288 g/mol. The van der Waals surface area contributed by atoms with Gasteiger partial charge in [0.1, 0.15) is 0 Å². The highest BCUT2D eigenvalue weighted by Gasteiger charge is 2.11. The monoisotopic (exact) mass is 310 g/mol. The molecule has 0 fully saturated rings. The maximum Gasteiger partial charge on any atom is 0.257 e. The van der Waals surface area contributed by atoms with Gasteiger partial charge in [-0.2, -0.15) is 0 Å². The molecule has 1 aromatic carbocycles. The summed E-state index contributed by atoms with van der Waals surface area (Å²) in [7, 11) is 3.08. The van der Waals surface area contributed by atoms with Gasteiger partial charge in [0.15, 0.2) is 16.6 Å². The fraction of sp³-hybridized carbons (Fsp3) is 0.467. The molecule has 0 heterocycles. The highest BCUT2D eigenvalue weighted by Crippen LogP contribution is 2.27. The van der Waals surface area contributed by atoms with Gasteiger partial charge in [-0.1, -0.05) is 19.8 Å². The van der Waals surface area contributed by atoms with Gasteiger partial charge in [-0.05, 0) is 36.8 Å². The summed E-state index contributed by atoms with van der Waals surface area (Å²) in [6, 6.07) is 4.97. The van der Waals surface area contributed by atoms with Crippen LogP contribution in [0.5, 0.6) is 11.5 Å². The third kappa shape index (κ3) is 5.59. The topological polar surface area (TPSA) is 59.6 Å². The summed E-state index contributed by atoms with van der Waals surface area (Å²) in [5.74, 6) is 0.810. The fourth-order valence-corrected chi connectivity index (χ4v) is 1.97. The van der Waals surface area contributed by atoms with Crippen LogP contribution >= 0.6 is 12.2 Å². The molecule has 1 rings (SSSR count). The Morgan fingerprint density at radius 1 is 1.19 bits per heavy atom. The smallest absolute Gasteiger partial charge is 0.257 e. The number of methoxy groups -OCH3 is 2. The highest BCUT2D eigenvalue weighted by atomic mass is 32.1. The molecule has 1 aromatic rings. The second-order valence-corrected chi connectivity index (χ2v) is 4.90. The molecule has 0 saturated carbocycles. The zero-order chi connectivity index (χ0) is 15.7. The fourth-order valence-electron chi connectivity index (χ4n) is 1.77. The largest absolute Gasteiger partial charge is 0.493 e. The Kier molecular flexibility index (Phi) is 7.53. The average Bonchev–Trinajstić information content (AvgIpc) is 2.50. The van der Waals surface area contributed by atoms with Crippen LogP contribution in [0.2, 0.25) is 0 Å². The second kappa shape index (κ2) is 9.18. The lowest BCUT2D eigenvalue weighted by molar-refractivity contribution is 0.0976. The van der Waals surface area contributed by atoms with E-state index >= 15 is 0 Å². The van der Waals surface area contributed by atoms with Gasteiger partial charge in [0.2, 0.25) is 0 Å². The van der Waals surface area contributed by atoms with Crippen molar-refractivity contribution in [3.8, 4) is 11.5 Å². The van der Waals surface area contributed by atoms with Crippen LogP contribution in [0.3, 0.4) is 0 Å². The molecule has 5 nitrogen and oxygen atoms in total. The van der Waals surface area contributed by atoms with Crippen LogP contribution in [0.4, 0.5) is 0 Å². The van der Waals surface area contributed by atoms with Gasteiger partial charge in [-0.3, -0.25) is 10.1 Å². The van der Waals surface area contributed by atoms with Gasteiger partial charge in [-0.15, -0.1) is 0 Å². The number of hydrogen-bond donors (Lipinski definition) is 2. The molecule has 21 heavy (non-hydrogen) atoms. The molecule has 0 aliphatic carbocycles. The Morgan fingerprint density at radius 2 is 1.90 bits per heavy atom. The lowest BCUT2D eigenvalue weighted by Gasteiger charge is -2.11. The summed E-state index contributed by atoms with van der Waals surface area (Å²) in [5.41, 5.74) is 0.463. The average molecular weight is 310 g/mol. The molecule has 0 unspecified atom stereocenters.